The topological polar surface area (TPSA) is 67.7 Å². The number of morpholine rings is 1. The molecular weight excluding hydrogens is 435 g/mol. The lowest BCUT2D eigenvalue weighted by Crippen LogP contribution is -2.48. The molecule has 0 N–H and O–H groups in total. The first-order valence-corrected chi connectivity index (χ1v) is 12.5. The Morgan fingerprint density at radius 2 is 1.76 bits per heavy atom. The maximum absolute atomic E-state index is 14.2. The second-order valence-electron chi connectivity index (χ2n) is 9.93. The fraction of sp³-hybridized carbons (Fsp3) is 0.577. The minimum atomic E-state index is -0.166. The molecule has 3 aliphatic rings. The van der Waals surface area contributed by atoms with Gasteiger partial charge in [0.25, 0.3) is 5.91 Å². The summed E-state index contributed by atoms with van der Waals surface area (Å²) < 4.78 is 21.7. The second kappa shape index (κ2) is 9.49. The van der Waals surface area contributed by atoms with E-state index in [0.29, 0.717) is 31.9 Å². The number of carbonyl (C=O) groups excluding carboxylic acids is 2. The lowest BCUT2D eigenvalue weighted by atomic mass is 9.89. The number of carbonyl (C=O) groups is 2. The van der Waals surface area contributed by atoms with Crippen molar-refractivity contribution in [3.8, 4) is 0 Å². The van der Waals surface area contributed by atoms with Crippen LogP contribution in [0, 0.1) is 5.82 Å². The van der Waals surface area contributed by atoms with Gasteiger partial charge in [-0.1, -0.05) is 18.2 Å². The summed E-state index contributed by atoms with van der Waals surface area (Å²) in [5.41, 5.74) is 3.27. The largest absolute Gasteiger partial charge is 0.372 e. The number of halogens is 1. The van der Waals surface area contributed by atoms with Crippen LogP contribution >= 0.6 is 0 Å². The average Bonchev–Trinajstić information content (AvgIpc) is 3.42. The maximum atomic E-state index is 14.2. The third kappa shape index (κ3) is 4.48. The molecule has 1 aromatic heterocycles. The van der Waals surface area contributed by atoms with Gasteiger partial charge in [0.2, 0.25) is 5.91 Å². The Bertz CT molecular complexity index is 1070. The van der Waals surface area contributed by atoms with E-state index in [1.165, 1.54) is 6.07 Å². The van der Waals surface area contributed by atoms with Crippen LogP contribution in [-0.2, 0) is 28.9 Å². The highest BCUT2D eigenvalue weighted by Crippen LogP contribution is 2.31. The predicted octanol–water partition coefficient (Wildman–Crippen LogP) is 3.17. The van der Waals surface area contributed by atoms with Crippen molar-refractivity contribution in [2.24, 2.45) is 0 Å². The number of rotatable bonds is 4. The van der Waals surface area contributed by atoms with E-state index in [1.807, 2.05) is 35.8 Å². The van der Waals surface area contributed by atoms with Crippen LogP contribution in [0.1, 0.15) is 66.3 Å². The van der Waals surface area contributed by atoms with Gasteiger partial charge < -0.3 is 14.5 Å². The molecule has 0 spiro atoms. The summed E-state index contributed by atoms with van der Waals surface area (Å²) in [7, 11) is 0. The van der Waals surface area contributed by atoms with Crippen LogP contribution in [0.25, 0.3) is 0 Å². The molecule has 0 unspecified atom stereocenters. The van der Waals surface area contributed by atoms with E-state index >= 15 is 0 Å². The normalized spacial score (nSPS) is 23.3. The molecule has 34 heavy (non-hydrogen) atoms. The molecule has 3 heterocycles. The summed E-state index contributed by atoms with van der Waals surface area (Å²) in [6.07, 6.45) is 4.14. The molecule has 0 radical (unpaired) electrons. The number of benzene rings is 1. The highest BCUT2D eigenvalue weighted by molar-refractivity contribution is 5.94. The van der Waals surface area contributed by atoms with Crippen molar-refractivity contribution in [1.82, 2.24) is 19.6 Å². The van der Waals surface area contributed by atoms with Gasteiger partial charge in [0.15, 0.2) is 5.69 Å². The standard InChI is InChI=1S/C26H33FN4O3/c1-17-14-30(15-18(2)34-17)26(33)25-21-7-5-9-23(21)31(28-25)16-24(32)29-12-10-19(11-13-29)20-6-3-4-8-22(20)27/h3-4,6,8,17-19H,5,7,9-16H2,1-2H3/t17-,18+. The van der Waals surface area contributed by atoms with Crippen LogP contribution in [0.5, 0.6) is 0 Å². The summed E-state index contributed by atoms with van der Waals surface area (Å²) in [5.74, 6) is -0.0730. The molecule has 2 saturated heterocycles. The van der Waals surface area contributed by atoms with Gasteiger partial charge in [-0.2, -0.15) is 5.10 Å². The number of likely N-dealkylation sites (tertiary alicyclic amines) is 1. The molecule has 2 amide bonds. The van der Waals surface area contributed by atoms with E-state index in [9.17, 15) is 14.0 Å². The Morgan fingerprint density at radius 1 is 1.06 bits per heavy atom. The summed E-state index contributed by atoms with van der Waals surface area (Å²) >= 11 is 0. The number of fused-ring (bicyclic) bond motifs is 1. The van der Waals surface area contributed by atoms with E-state index in [-0.39, 0.29) is 42.3 Å². The van der Waals surface area contributed by atoms with Gasteiger partial charge in [0.05, 0.1) is 12.2 Å². The van der Waals surface area contributed by atoms with Gasteiger partial charge in [-0.05, 0) is 63.5 Å². The van der Waals surface area contributed by atoms with Gasteiger partial charge in [0, 0.05) is 37.4 Å². The molecule has 2 aromatic rings. The van der Waals surface area contributed by atoms with Crippen LogP contribution in [0.3, 0.4) is 0 Å². The lowest BCUT2D eigenvalue weighted by molar-refractivity contribution is -0.133. The monoisotopic (exact) mass is 468 g/mol. The highest BCUT2D eigenvalue weighted by Gasteiger charge is 2.33. The van der Waals surface area contributed by atoms with Crippen LogP contribution < -0.4 is 0 Å². The zero-order valence-corrected chi connectivity index (χ0v) is 20.0. The van der Waals surface area contributed by atoms with Crippen molar-refractivity contribution in [3.63, 3.8) is 0 Å². The minimum Gasteiger partial charge on any atom is -0.372 e. The van der Waals surface area contributed by atoms with Gasteiger partial charge in [-0.15, -0.1) is 0 Å². The highest BCUT2D eigenvalue weighted by atomic mass is 19.1. The third-order valence-corrected chi connectivity index (χ3v) is 7.39. The van der Waals surface area contributed by atoms with Crippen molar-refractivity contribution >= 4 is 11.8 Å². The fourth-order valence-corrected chi connectivity index (χ4v) is 5.78. The molecule has 1 aromatic carbocycles. The third-order valence-electron chi connectivity index (χ3n) is 7.39. The average molecular weight is 469 g/mol. The molecular formula is C26H33FN4O3. The molecule has 182 valence electrons. The van der Waals surface area contributed by atoms with Crippen LogP contribution in [-0.4, -0.2) is 69.8 Å². The molecule has 2 atom stereocenters. The lowest BCUT2D eigenvalue weighted by Gasteiger charge is -2.35. The van der Waals surface area contributed by atoms with Gasteiger partial charge in [-0.25, -0.2) is 4.39 Å². The van der Waals surface area contributed by atoms with Crippen molar-refractivity contribution in [2.45, 2.75) is 70.6 Å². The van der Waals surface area contributed by atoms with Gasteiger partial charge in [-0.3, -0.25) is 14.3 Å². The number of ether oxygens (including phenoxy) is 1. The van der Waals surface area contributed by atoms with Crippen molar-refractivity contribution in [2.75, 3.05) is 26.2 Å². The Labute approximate surface area is 199 Å². The first-order chi connectivity index (χ1) is 16.4. The minimum absolute atomic E-state index is 0.00306. The Kier molecular flexibility index (Phi) is 6.42. The molecule has 7 nitrogen and oxygen atoms in total. The van der Waals surface area contributed by atoms with Crippen LogP contribution in [0.15, 0.2) is 24.3 Å². The summed E-state index contributed by atoms with van der Waals surface area (Å²) in [6, 6.07) is 6.92. The zero-order chi connectivity index (χ0) is 23.8. The predicted molar refractivity (Wildman–Crippen MR) is 125 cm³/mol. The number of aromatic nitrogens is 2. The first kappa shape index (κ1) is 23.0. The first-order valence-electron chi connectivity index (χ1n) is 12.5. The van der Waals surface area contributed by atoms with Gasteiger partial charge >= 0.3 is 0 Å². The van der Waals surface area contributed by atoms with E-state index < -0.39 is 0 Å². The molecule has 2 fully saturated rings. The molecule has 5 rings (SSSR count). The summed E-state index contributed by atoms with van der Waals surface area (Å²) in [5, 5.41) is 4.65. The number of amides is 2. The van der Waals surface area contributed by atoms with Gasteiger partial charge in [0.1, 0.15) is 12.4 Å². The second-order valence-corrected chi connectivity index (χ2v) is 9.93. The molecule has 2 aliphatic heterocycles. The van der Waals surface area contributed by atoms with Crippen molar-refractivity contribution in [1.29, 1.82) is 0 Å². The molecule has 0 bridgehead atoms. The molecule has 1 aliphatic carbocycles. The summed E-state index contributed by atoms with van der Waals surface area (Å²) in [4.78, 5) is 30.1. The van der Waals surface area contributed by atoms with E-state index in [0.717, 1.165) is 48.9 Å². The number of nitrogens with zero attached hydrogens (tertiary/aromatic N) is 4. The molecule has 0 saturated carbocycles. The number of piperidine rings is 1. The van der Waals surface area contributed by atoms with Crippen LogP contribution in [0.2, 0.25) is 0 Å². The smallest absolute Gasteiger partial charge is 0.274 e. The Balaban J connectivity index is 1.26. The molecule has 8 heteroatoms. The number of hydrogen-bond acceptors (Lipinski definition) is 4. The van der Waals surface area contributed by atoms with Crippen molar-refractivity contribution in [3.05, 3.63) is 52.6 Å². The number of hydrogen-bond donors (Lipinski definition) is 0. The van der Waals surface area contributed by atoms with E-state index in [4.69, 9.17) is 4.74 Å². The zero-order valence-electron chi connectivity index (χ0n) is 20.0. The Morgan fingerprint density at radius 3 is 2.47 bits per heavy atom. The van der Waals surface area contributed by atoms with Crippen LogP contribution in [0.4, 0.5) is 4.39 Å². The SMILES string of the molecule is C[C@@H]1CN(C(=O)c2nn(CC(=O)N3CCC(c4ccccc4F)CC3)c3c2CCC3)C[C@H](C)O1. The fourth-order valence-electron chi connectivity index (χ4n) is 5.78. The van der Waals surface area contributed by atoms with E-state index in [2.05, 4.69) is 5.10 Å². The Hall–Kier alpha value is -2.74. The van der Waals surface area contributed by atoms with Crippen molar-refractivity contribution < 1.29 is 18.7 Å². The quantitative estimate of drug-likeness (QED) is 0.691. The summed E-state index contributed by atoms with van der Waals surface area (Å²) in [6.45, 7) is 6.44. The maximum Gasteiger partial charge on any atom is 0.274 e. The van der Waals surface area contributed by atoms with E-state index in [1.54, 1.807) is 10.7 Å².